The van der Waals surface area contributed by atoms with E-state index < -0.39 is 78.1 Å². The highest BCUT2D eigenvalue weighted by molar-refractivity contribution is 7.87. The second-order valence-electron chi connectivity index (χ2n) is 18.7. The minimum Gasteiger partial charge on any atom is -0.741 e. The molecule has 6 aromatic heterocycles. The van der Waals surface area contributed by atoms with Gasteiger partial charge in [0.2, 0.25) is 0 Å². The van der Waals surface area contributed by atoms with Gasteiger partial charge in [-0.15, -0.1) is 0 Å². The minimum absolute atomic E-state index is 0.865. The molecule has 6 heterocycles. The van der Waals surface area contributed by atoms with E-state index >= 15 is 0 Å². The lowest BCUT2D eigenvalue weighted by Crippen LogP contribution is -2.47. The van der Waals surface area contributed by atoms with Crippen molar-refractivity contribution < 1.29 is 149 Å². The van der Waals surface area contributed by atoms with Crippen molar-refractivity contribution in [3.63, 3.8) is 0 Å². The van der Waals surface area contributed by atoms with Crippen LogP contribution in [-0.4, -0.2) is 172 Å². The Hall–Kier alpha value is -7.73. The zero-order chi connectivity index (χ0) is 71.8. The van der Waals surface area contributed by atoms with Crippen molar-refractivity contribution >= 4 is 95.7 Å². The number of pyridine rings is 5. The molecule has 7 rings (SSSR count). The third-order valence-electron chi connectivity index (χ3n) is 11.0. The Morgan fingerprint density at radius 3 is 0.783 bits per heavy atom. The second-order valence-corrected chi connectivity index (χ2v) is 25.6. The topological polar surface area (TPSA) is 332 Å². The molecule has 514 valence electrons. The van der Waals surface area contributed by atoms with Crippen LogP contribution in [0.3, 0.4) is 0 Å². The number of nitrogens with zero attached hydrogens (tertiary/aromatic N) is 11. The molecule has 0 aliphatic rings. The normalized spacial score (nSPS) is 12.5. The molecule has 0 radical (unpaired) electrons. The van der Waals surface area contributed by atoms with Crippen molar-refractivity contribution in [1.29, 1.82) is 0 Å². The molecular weight excluding hydrogens is 1390 g/mol. The lowest BCUT2D eigenvalue weighted by molar-refractivity contribution is -0.661. The van der Waals surface area contributed by atoms with Crippen LogP contribution in [0.5, 0.6) is 0 Å². The van der Waals surface area contributed by atoms with Crippen LogP contribution in [0.4, 0.5) is 94.3 Å². The molecule has 0 aliphatic carbocycles. The Morgan fingerprint density at radius 1 is 0.370 bits per heavy atom. The summed E-state index contributed by atoms with van der Waals surface area (Å²) in [5.74, 6) is 0. The maximum Gasteiger partial charge on any atom is 0.522 e. The van der Waals surface area contributed by atoms with Crippen LogP contribution < -0.4 is 42.8 Å². The molecule has 1 N–H and O–H groups in total. The quantitative estimate of drug-likeness (QED) is 0.0898. The van der Waals surface area contributed by atoms with E-state index in [2.05, 4.69) is 234 Å². The van der Waals surface area contributed by atoms with E-state index in [0.717, 1.165) is 67.9 Å². The fraction of sp³-hybridized carbons (Fsp3) is 0.326. The van der Waals surface area contributed by atoms with Crippen LogP contribution in [-0.2, 0) is 50.6 Å². The summed E-state index contributed by atoms with van der Waals surface area (Å²) >= 11 is 0. The standard InChI is InChI=1S/C41H49N11.5CHF3O3S/c1-43(2)30-11-20-48(21-12-30)37-36-38(52-28-19-34(47(9)10)29-35(52)42-36)40(50-24-15-32(16-25-50)45(5)6)41(51-26-17-33(18-27-51)46(7)8)39(37)49-22-13-31(14-23-49)44(3)4;5*2-1(3,4)8(5,6)7/h11-29H,1-10H3;5*(H,5,6,7)/q+4;;;;;/p-4. The van der Waals surface area contributed by atoms with Gasteiger partial charge in [0.05, 0.1) is 0 Å². The van der Waals surface area contributed by atoms with E-state index in [9.17, 15) is 65.9 Å². The number of benzene rings is 1. The highest BCUT2D eigenvalue weighted by Crippen LogP contribution is 2.35. The van der Waals surface area contributed by atoms with Crippen molar-refractivity contribution in [2.24, 2.45) is 0 Å². The summed E-state index contributed by atoms with van der Waals surface area (Å²) in [5.41, 5.74) is -15.9. The molecule has 0 bridgehead atoms. The number of fused-ring (bicyclic) bond motifs is 3. The summed E-state index contributed by atoms with van der Waals surface area (Å²) in [6.45, 7) is 0. The number of halogens is 15. The Labute approximate surface area is 513 Å². The van der Waals surface area contributed by atoms with Crippen molar-refractivity contribution in [2.45, 2.75) is 27.5 Å². The fourth-order valence-electron chi connectivity index (χ4n) is 6.59. The van der Waals surface area contributed by atoms with Gasteiger partial charge in [0, 0.05) is 160 Å². The second kappa shape index (κ2) is 29.5. The van der Waals surface area contributed by atoms with E-state index in [1.54, 1.807) is 0 Å². The highest BCUT2D eigenvalue weighted by atomic mass is 32.2. The summed E-state index contributed by atoms with van der Waals surface area (Å²) < 4.78 is 304. The monoisotopic (exact) mass is 1440 g/mol. The Balaban J connectivity index is 0.000000579. The molecule has 0 aliphatic heterocycles. The Kier molecular flexibility index (Phi) is 25.8. The van der Waals surface area contributed by atoms with Gasteiger partial charge >= 0.3 is 60.4 Å². The average molecular weight is 1440 g/mol. The maximum absolute atomic E-state index is 10.7. The van der Waals surface area contributed by atoms with Crippen LogP contribution in [0.15, 0.2) is 116 Å². The van der Waals surface area contributed by atoms with Crippen LogP contribution in [0, 0.1) is 0 Å². The number of alkyl halides is 15. The van der Waals surface area contributed by atoms with E-state index in [1.165, 1.54) is 0 Å². The molecule has 92 heavy (non-hydrogen) atoms. The fourth-order valence-corrected chi connectivity index (χ4v) is 6.59. The first kappa shape index (κ1) is 80.4. The SMILES string of the molecule is CN(C)c1cc[n+](-c2c(-[n+]3ccc(N(C)C)cc3)c(-[n+]3ccc(N(C)C)cc3)c3c(nc4cc(N(C)C)ccn43)c2-[n+]2ccc(N(C)C)cc2)cc1.O=S(=O)(O)C(F)(F)F.O=S(=O)([O-])C(F)(F)F.O=S(=O)([O-])C(F)(F)F.O=S(=O)([O-])C(F)(F)F.O=S(=O)([O-])C(F)(F)F. The number of aromatic nitrogens is 6. The predicted octanol–water partition coefficient (Wildman–Crippen LogP) is 4.52. The molecular formula is C46H50F15N11O15S5. The molecule has 0 unspecified atom stereocenters. The van der Waals surface area contributed by atoms with Gasteiger partial charge in [-0.25, -0.2) is 38.7 Å². The number of rotatable bonds is 9. The van der Waals surface area contributed by atoms with E-state index in [4.69, 9.17) is 69.8 Å². The van der Waals surface area contributed by atoms with Gasteiger partial charge in [-0.05, 0) is 6.07 Å². The van der Waals surface area contributed by atoms with Gasteiger partial charge in [0.15, 0.2) is 101 Å². The summed E-state index contributed by atoms with van der Waals surface area (Å²) in [5, 5.41) is 0. The summed E-state index contributed by atoms with van der Waals surface area (Å²) in [4.78, 5) is 16.1. The first-order valence-corrected chi connectivity index (χ1v) is 30.8. The van der Waals surface area contributed by atoms with E-state index in [1.807, 2.05) is 0 Å². The lowest BCUT2D eigenvalue weighted by Gasteiger charge is -2.14. The van der Waals surface area contributed by atoms with Crippen molar-refractivity contribution in [3.05, 3.63) is 116 Å². The number of hydrogen-bond acceptors (Lipinski definition) is 20. The molecule has 0 fully saturated rings. The summed E-state index contributed by atoms with van der Waals surface area (Å²) in [6.07, 6.45) is 19.3. The molecule has 7 aromatic rings. The van der Waals surface area contributed by atoms with Crippen molar-refractivity contribution in [2.75, 3.05) is 95.0 Å². The molecule has 26 nitrogen and oxygen atoms in total. The number of imidazole rings is 1. The van der Waals surface area contributed by atoms with E-state index in [-0.39, 0.29) is 0 Å². The van der Waals surface area contributed by atoms with Crippen molar-refractivity contribution in [3.8, 4) is 22.7 Å². The van der Waals surface area contributed by atoms with Crippen molar-refractivity contribution in [1.82, 2.24) is 9.38 Å². The lowest BCUT2D eigenvalue weighted by atomic mass is 10.1. The smallest absolute Gasteiger partial charge is 0.522 e. The molecule has 0 amide bonds. The van der Waals surface area contributed by atoms with Gasteiger partial charge in [-0.1, -0.05) is 0 Å². The van der Waals surface area contributed by atoms with E-state index in [0.29, 0.717) is 0 Å². The molecule has 0 atom stereocenters. The Bertz CT molecular complexity index is 4010. The minimum atomic E-state index is -6.09. The van der Waals surface area contributed by atoms with Gasteiger partial charge in [-0.2, -0.15) is 92.5 Å². The Morgan fingerprint density at radius 2 is 0.576 bits per heavy atom. The third-order valence-corrected chi connectivity index (χ3v) is 13.9. The van der Waals surface area contributed by atoms with Gasteiger partial charge in [0.1, 0.15) is 5.65 Å². The number of anilines is 5. The first-order chi connectivity index (χ1) is 41.2. The largest absolute Gasteiger partial charge is 0.741 e. The molecule has 0 saturated heterocycles. The van der Waals surface area contributed by atoms with Crippen LogP contribution >= 0.6 is 0 Å². The zero-order valence-electron chi connectivity index (χ0n) is 48.3. The molecule has 0 saturated carbocycles. The van der Waals surface area contributed by atoms with Gasteiger partial charge in [0.25, 0.3) is 0 Å². The predicted molar refractivity (Wildman–Crippen MR) is 291 cm³/mol. The molecule has 1 aromatic carbocycles. The number of hydrogen-bond donors (Lipinski definition) is 1. The zero-order valence-corrected chi connectivity index (χ0v) is 52.3. The van der Waals surface area contributed by atoms with Crippen LogP contribution in [0.1, 0.15) is 0 Å². The average Bonchev–Trinajstić information content (AvgIpc) is 1.46. The maximum atomic E-state index is 10.7. The molecule has 46 heteroatoms. The molecule has 0 spiro atoms. The first-order valence-electron chi connectivity index (χ1n) is 23.7. The summed E-state index contributed by atoms with van der Waals surface area (Å²) in [7, 11) is -9.54. The van der Waals surface area contributed by atoms with Gasteiger partial charge in [-0.3, -0.25) is 8.95 Å². The van der Waals surface area contributed by atoms with Gasteiger partial charge < -0.3 is 42.7 Å². The third kappa shape index (κ3) is 21.7. The van der Waals surface area contributed by atoms with Crippen LogP contribution in [0.25, 0.3) is 39.4 Å². The highest BCUT2D eigenvalue weighted by Gasteiger charge is 2.46. The van der Waals surface area contributed by atoms with Crippen LogP contribution in [0.2, 0.25) is 0 Å². The summed E-state index contributed by atoms with van der Waals surface area (Å²) in [6, 6.07) is 21.6.